The standard InChI is InChI=1S/C20H15N3O2S/c1-25-16-9-5-8-15(12-16)13-17-19(24)23-20(26-17)21-18(22-23)11-10-14-6-3-2-4-7-14/h2-13H,1H3/b11-10+,17-13-. The van der Waals surface area contributed by atoms with Gasteiger partial charge in [0.05, 0.1) is 11.6 Å². The third-order valence-corrected chi connectivity index (χ3v) is 4.77. The molecule has 2 aromatic carbocycles. The van der Waals surface area contributed by atoms with Gasteiger partial charge in [0.1, 0.15) is 5.75 Å². The molecule has 5 nitrogen and oxygen atoms in total. The Balaban J connectivity index is 1.68. The van der Waals surface area contributed by atoms with Crippen molar-refractivity contribution in [2.24, 2.45) is 0 Å². The second-order valence-electron chi connectivity index (χ2n) is 5.60. The average molecular weight is 361 g/mol. The first-order valence-electron chi connectivity index (χ1n) is 8.01. The maximum absolute atomic E-state index is 12.6. The summed E-state index contributed by atoms with van der Waals surface area (Å²) in [4.78, 5) is 17.6. The summed E-state index contributed by atoms with van der Waals surface area (Å²) in [7, 11) is 1.62. The zero-order valence-electron chi connectivity index (χ0n) is 14.0. The smallest absolute Gasteiger partial charge is 0.291 e. The second kappa shape index (κ2) is 6.93. The summed E-state index contributed by atoms with van der Waals surface area (Å²) in [5, 5.41) is 4.30. The molecule has 0 saturated heterocycles. The Labute approximate surface area is 153 Å². The van der Waals surface area contributed by atoms with E-state index in [-0.39, 0.29) is 5.56 Å². The minimum atomic E-state index is -0.167. The number of methoxy groups -OCH3 is 1. The van der Waals surface area contributed by atoms with E-state index in [2.05, 4.69) is 10.1 Å². The molecule has 0 bridgehead atoms. The van der Waals surface area contributed by atoms with Gasteiger partial charge in [-0.3, -0.25) is 4.79 Å². The maximum atomic E-state index is 12.6. The molecule has 0 amide bonds. The van der Waals surface area contributed by atoms with E-state index in [0.717, 1.165) is 16.9 Å². The molecule has 4 aromatic rings. The number of hydrogen-bond acceptors (Lipinski definition) is 5. The molecule has 2 aromatic heterocycles. The van der Waals surface area contributed by atoms with Crippen molar-refractivity contribution in [1.29, 1.82) is 0 Å². The SMILES string of the molecule is COc1cccc(/C=c2\sc3nc(/C=C/c4ccccc4)nn3c2=O)c1. The van der Waals surface area contributed by atoms with Crippen LogP contribution in [0.25, 0.3) is 23.2 Å². The van der Waals surface area contributed by atoms with Crippen LogP contribution < -0.4 is 14.8 Å². The lowest BCUT2D eigenvalue weighted by atomic mass is 10.2. The van der Waals surface area contributed by atoms with Gasteiger partial charge >= 0.3 is 0 Å². The highest BCUT2D eigenvalue weighted by Crippen LogP contribution is 2.13. The van der Waals surface area contributed by atoms with E-state index < -0.39 is 0 Å². The van der Waals surface area contributed by atoms with Crippen LogP contribution in [0.3, 0.4) is 0 Å². The van der Waals surface area contributed by atoms with Gasteiger partial charge in [0.15, 0.2) is 5.82 Å². The number of aromatic nitrogens is 3. The number of rotatable bonds is 4. The van der Waals surface area contributed by atoms with Gasteiger partial charge in [-0.15, -0.1) is 5.10 Å². The molecule has 6 heteroatoms. The highest BCUT2D eigenvalue weighted by atomic mass is 32.1. The normalized spacial score (nSPS) is 12.3. The lowest BCUT2D eigenvalue weighted by Crippen LogP contribution is -2.23. The third kappa shape index (κ3) is 3.27. The van der Waals surface area contributed by atoms with Crippen LogP contribution >= 0.6 is 11.3 Å². The number of fused-ring (bicyclic) bond motifs is 1. The first-order chi connectivity index (χ1) is 12.7. The van der Waals surface area contributed by atoms with E-state index >= 15 is 0 Å². The fourth-order valence-electron chi connectivity index (χ4n) is 2.54. The lowest BCUT2D eigenvalue weighted by Gasteiger charge is -1.99. The van der Waals surface area contributed by atoms with Gasteiger partial charge in [0.25, 0.3) is 5.56 Å². The number of thiazole rings is 1. The van der Waals surface area contributed by atoms with Crippen molar-refractivity contribution >= 4 is 34.5 Å². The van der Waals surface area contributed by atoms with Crippen LogP contribution in [-0.2, 0) is 0 Å². The van der Waals surface area contributed by atoms with Gasteiger partial charge in [-0.2, -0.15) is 9.50 Å². The number of ether oxygens (including phenoxy) is 1. The zero-order valence-corrected chi connectivity index (χ0v) is 14.8. The summed E-state index contributed by atoms with van der Waals surface area (Å²) in [5.74, 6) is 1.27. The van der Waals surface area contributed by atoms with Crippen LogP contribution in [0.5, 0.6) is 5.75 Å². The molecule has 0 aliphatic heterocycles. The van der Waals surface area contributed by atoms with Gasteiger partial charge in [-0.25, -0.2) is 0 Å². The van der Waals surface area contributed by atoms with Crippen LogP contribution in [0.2, 0.25) is 0 Å². The van der Waals surface area contributed by atoms with Crippen molar-refractivity contribution in [3.8, 4) is 5.75 Å². The summed E-state index contributed by atoms with van der Waals surface area (Å²) in [6.45, 7) is 0. The number of benzene rings is 2. The predicted molar refractivity (Wildman–Crippen MR) is 104 cm³/mol. The van der Waals surface area contributed by atoms with Crippen LogP contribution in [0.4, 0.5) is 0 Å². The molecule has 0 saturated carbocycles. The molecule has 0 unspecified atom stereocenters. The Bertz CT molecular complexity index is 1190. The van der Waals surface area contributed by atoms with Crippen LogP contribution in [0.15, 0.2) is 59.4 Å². The second-order valence-corrected chi connectivity index (χ2v) is 6.61. The van der Waals surface area contributed by atoms with Gasteiger partial charge in [0.2, 0.25) is 4.96 Å². The quantitative estimate of drug-likeness (QED) is 0.561. The minimum Gasteiger partial charge on any atom is -0.497 e. The molecule has 0 atom stereocenters. The molecule has 0 radical (unpaired) electrons. The number of nitrogens with zero attached hydrogens (tertiary/aromatic N) is 3. The van der Waals surface area contributed by atoms with Crippen molar-refractivity contribution in [2.75, 3.05) is 7.11 Å². The number of hydrogen-bond donors (Lipinski definition) is 0. The maximum Gasteiger partial charge on any atom is 0.291 e. The topological polar surface area (TPSA) is 56.5 Å². The highest BCUT2D eigenvalue weighted by molar-refractivity contribution is 7.15. The average Bonchev–Trinajstić information content (AvgIpc) is 3.20. The molecule has 0 spiro atoms. The molecule has 0 N–H and O–H groups in total. The monoisotopic (exact) mass is 361 g/mol. The fraction of sp³-hybridized carbons (Fsp3) is 0.0500. The van der Waals surface area contributed by atoms with E-state index in [0.29, 0.717) is 15.3 Å². The third-order valence-electron chi connectivity index (χ3n) is 3.81. The van der Waals surface area contributed by atoms with Crippen LogP contribution in [-0.4, -0.2) is 21.7 Å². The molecule has 2 heterocycles. The molecule has 4 rings (SSSR count). The molecule has 128 valence electrons. The molecule has 0 aliphatic carbocycles. The predicted octanol–water partition coefficient (Wildman–Crippen LogP) is 2.88. The molecular weight excluding hydrogens is 346 g/mol. The Kier molecular flexibility index (Phi) is 4.33. The van der Waals surface area contributed by atoms with Crippen molar-refractivity contribution in [3.63, 3.8) is 0 Å². The van der Waals surface area contributed by atoms with E-state index in [1.54, 1.807) is 13.2 Å². The van der Waals surface area contributed by atoms with Gasteiger partial charge in [0, 0.05) is 0 Å². The van der Waals surface area contributed by atoms with E-state index in [1.807, 2.05) is 66.7 Å². The van der Waals surface area contributed by atoms with Crippen molar-refractivity contribution in [3.05, 3.63) is 86.4 Å². The van der Waals surface area contributed by atoms with E-state index in [9.17, 15) is 4.79 Å². The largest absolute Gasteiger partial charge is 0.497 e. The van der Waals surface area contributed by atoms with Crippen molar-refractivity contribution in [2.45, 2.75) is 0 Å². The Morgan fingerprint density at radius 3 is 2.62 bits per heavy atom. The lowest BCUT2D eigenvalue weighted by molar-refractivity contribution is 0.414. The minimum absolute atomic E-state index is 0.167. The zero-order chi connectivity index (χ0) is 17.9. The Hall–Kier alpha value is -3.25. The Morgan fingerprint density at radius 1 is 1.04 bits per heavy atom. The highest BCUT2D eigenvalue weighted by Gasteiger charge is 2.08. The van der Waals surface area contributed by atoms with Gasteiger partial charge < -0.3 is 4.74 Å². The molecule has 0 aliphatic rings. The Morgan fingerprint density at radius 2 is 1.85 bits per heavy atom. The first-order valence-corrected chi connectivity index (χ1v) is 8.83. The molecular formula is C20H15N3O2S. The van der Waals surface area contributed by atoms with E-state index in [1.165, 1.54) is 15.9 Å². The van der Waals surface area contributed by atoms with E-state index in [4.69, 9.17) is 4.74 Å². The summed E-state index contributed by atoms with van der Waals surface area (Å²) in [5.41, 5.74) is 1.79. The van der Waals surface area contributed by atoms with Crippen molar-refractivity contribution < 1.29 is 4.74 Å². The fourth-order valence-corrected chi connectivity index (χ4v) is 3.45. The molecule has 26 heavy (non-hydrogen) atoms. The molecule has 0 fully saturated rings. The van der Waals surface area contributed by atoms with Crippen molar-refractivity contribution in [1.82, 2.24) is 14.6 Å². The van der Waals surface area contributed by atoms with Crippen LogP contribution in [0, 0.1) is 0 Å². The first kappa shape index (κ1) is 16.2. The summed E-state index contributed by atoms with van der Waals surface area (Å²) >= 11 is 1.32. The summed E-state index contributed by atoms with van der Waals surface area (Å²) < 4.78 is 7.15. The van der Waals surface area contributed by atoms with Crippen LogP contribution in [0.1, 0.15) is 17.0 Å². The van der Waals surface area contributed by atoms with Gasteiger partial charge in [-0.05, 0) is 35.4 Å². The van der Waals surface area contributed by atoms with Gasteiger partial charge in [-0.1, -0.05) is 59.9 Å². The summed E-state index contributed by atoms with van der Waals surface area (Å²) in [6, 6.07) is 17.4. The summed E-state index contributed by atoms with van der Waals surface area (Å²) in [6.07, 6.45) is 5.55.